The summed E-state index contributed by atoms with van der Waals surface area (Å²) < 4.78 is 0. The maximum absolute atomic E-state index is 5.87. The van der Waals surface area contributed by atoms with Crippen molar-refractivity contribution in [3.8, 4) is 0 Å². The van der Waals surface area contributed by atoms with Gasteiger partial charge in [0.15, 0.2) is 0 Å². The molecule has 0 aromatic heterocycles. The zero-order chi connectivity index (χ0) is 13.5. The summed E-state index contributed by atoms with van der Waals surface area (Å²) in [5.74, 6) is 0.657. The van der Waals surface area contributed by atoms with Crippen molar-refractivity contribution in [2.75, 3.05) is 55.2 Å². The lowest BCUT2D eigenvalue weighted by molar-refractivity contribution is 0.794. The van der Waals surface area contributed by atoms with Gasteiger partial charge in [-0.1, -0.05) is 6.92 Å². The van der Waals surface area contributed by atoms with Crippen LogP contribution in [0.4, 0.5) is 17.1 Å². The van der Waals surface area contributed by atoms with Crippen LogP contribution in [0, 0.1) is 0 Å². The fourth-order valence-electron chi connectivity index (χ4n) is 2.05. The van der Waals surface area contributed by atoms with Crippen LogP contribution in [0.1, 0.15) is 13.3 Å². The van der Waals surface area contributed by atoms with Crippen molar-refractivity contribution in [3.63, 3.8) is 0 Å². The number of benzene rings is 1. The van der Waals surface area contributed by atoms with E-state index >= 15 is 0 Å². The van der Waals surface area contributed by atoms with Crippen molar-refractivity contribution in [3.05, 3.63) is 18.2 Å². The highest BCUT2D eigenvalue weighted by Gasteiger charge is 2.09. The monoisotopic (exact) mass is 269 g/mol. The third-order valence-corrected chi connectivity index (χ3v) is 3.11. The van der Waals surface area contributed by atoms with Crippen molar-refractivity contribution >= 4 is 28.7 Å². The van der Waals surface area contributed by atoms with E-state index in [4.69, 9.17) is 11.6 Å². The summed E-state index contributed by atoms with van der Waals surface area (Å²) in [6, 6.07) is 6.51. The van der Waals surface area contributed by atoms with Gasteiger partial charge in [-0.05, 0) is 24.6 Å². The molecule has 1 aromatic carbocycles. The van der Waals surface area contributed by atoms with E-state index in [0.29, 0.717) is 5.88 Å². The lowest BCUT2D eigenvalue weighted by Crippen LogP contribution is -2.26. The lowest BCUT2D eigenvalue weighted by Gasteiger charge is -2.26. The van der Waals surface area contributed by atoms with E-state index in [2.05, 4.69) is 54.3 Å². The average Bonchev–Trinajstić information content (AvgIpc) is 2.37. The quantitative estimate of drug-likeness (QED) is 0.767. The molecule has 3 nitrogen and oxygen atoms in total. The zero-order valence-electron chi connectivity index (χ0n) is 11.8. The minimum absolute atomic E-state index is 0.657. The minimum atomic E-state index is 0.657. The Labute approximate surface area is 116 Å². The second kappa shape index (κ2) is 7.37. The predicted octanol–water partition coefficient (Wildman–Crippen LogP) is 3.25. The molecular formula is C14H24ClN3. The van der Waals surface area contributed by atoms with Gasteiger partial charge < -0.3 is 15.1 Å². The molecule has 0 spiro atoms. The number of nitrogens with one attached hydrogen (secondary N) is 1. The molecule has 1 aromatic rings. The molecule has 0 radical (unpaired) electrons. The van der Waals surface area contributed by atoms with E-state index in [1.54, 1.807) is 0 Å². The van der Waals surface area contributed by atoms with Gasteiger partial charge in [-0.25, -0.2) is 0 Å². The molecule has 0 aliphatic rings. The Balaban J connectivity index is 3.01. The normalized spacial score (nSPS) is 10.3. The highest BCUT2D eigenvalue weighted by Crippen LogP contribution is 2.29. The summed E-state index contributed by atoms with van der Waals surface area (Å²) in [5.41, 5.74) is 3.57. The molecule has 0 unspecified atom stereocenters. The topological polar surface area (TPSA) is 18.5 Å². The number of alkyl halides is 1. The number of rotatable bonds is 7. The smallest absolute Gasteiger partial charge is 0.0598 e. The van der Waals surface area contributed by atoms with E-state index < -0.39 is 0 Å². The zero-order valence-corrected chi connectivity index (χ0v) is 12.6. The summed E-state index contributed by atoms with van der Waals surface area (Å²) in [6.45, 7) is 4.12. The van der Waals surface area contributed by atoms with Crippen LogP contribution in [-0.4, -0.2) is 40.1 Å². The molecule has 1 rings (SSSR count). The first-order valence-electron chi connectivity index (χ1n) is 6.44. The van der Waals surface area contributed by atoms with Gasteiger partial charge in [-0.2, -0.15) is 0 Å². The number of halogens is 1. The molecule has 0 heterocycles. The van der Waals surface area contributed by atoms with E-state index in [0.717, 1.165) is 25.2 Å². The Morgan fingerprint density at radius 1 is 1.22 bits per heavy atom. The Hall–Kier alpha value is -1.09. The van der Waals surface area contributed by atoms with Crippen LogP contribution in [-0.2, 0) is 0 Å². The van der Waals surface area contributed by atoms with Gasteiger partial charge in [-0.15, -0.1) is 11.6 Å². The highest BCUT2D eigenvalue weighted by atomic mass is 35.5. The third kappa shape index (κ3) is 3.70. The first-order chi connectivity index (χ1) is 8.63. The van der Waals surface area contributed by atoms with E-state index in [-0.39, 0.29) is 0 Å². The van der Waals surface area contributed by atoms with Crippen LogP contribution >= 0.6 is 11.6 Å². The van der Waals surface area contributed by atoms with E-state index in [1.165, 1.54) is 11.4 Å². The van der Waals surface area contributed by atoms with Crippen molar-refractivity contribution in [2.45, 2.75) is 13.3 Å². The predicted molar refractivity (Wildman–Crippen MR) is 83.5 cm³/mol. The third-order valence-electron chi connectivity index (χ3n) is 2.94. The molecule has 0 aliphatic carbocycles. The molecule has 4 heteroatoms. The summed E-state index contributed by atoms with van der Waals surface area (Å²) in [6.07, 6.45) is 1.13. The maximum atomic E-state index is 5.87. The molecule has 0 amide bonds. The number of hydrogen-bond donors (Lipinski definition) is 1. The molecule has 0 aliphatic heterocycles. The Morgan fingerprint density at radius 2 is 1.94 bits per heavy atom. The SMILES string of the molecule is CCCN(CCCl)c1ccc(N(C)C)c(NC)c1. The second-order valence-electron chi connectivity index (χ2n) is 4.52. The summed E-state index contributed by atoms with van der Waals surface area (Å²) in [5, 5.41) is 3.26. The molecule has 18 heavy (non-hydrogen) atoms. The molecule has 0 fully saturated rings. The largest absolute Gasteiger partial charge is 0.386 e. The molecule has 0 atom stereocenters. The van der Waals surface area contributed by atoms with Crippen molar-refractivity contribution in [2.24, 2.45) is 0 Å². The minimum Gasteiger partial charge on any atom is -0.386 e. The van der Waals surface area contributed by atoms with Crippen molar-refractivity contribution in [1.82, 2.24) is 0 Å². The van der Waals surface area contributed by atoms with Crippen molar-refractivity contribution < 1.29 is 0 Å². The molecule has 0 saturated carbocycles. The number of anilines is 3. The highest BCUT2D eigenvalue weighted by molar-refractivity contribution is 6.18. The fraction of sp³-hybridized carbons (Fsp3) is 0.571. The number of nitrogens with zero attached hydrogens (tertiary/aromatic N) is 2. The Bertz CT molecular complexity index is 360. The van der Waals surface area contributed by atoms with Crippen LogP contribution in [0.15, 0.2) is 18.2 Å². The molecule has 1 N–H and O–H groups in total. The van der Waals surface area contributed by atoms with Gasteiger partial charge in [0, 0.05) is 45.8 Å². The van der Waals surface area contributed by atoms with Crippen LogP contribution in [0.25, 0.3) is 0 Å². The van der Waals surface area contributed by atoms with Gasteiger partial charge in [-0.3, -0.25) is 0 Å². The van der Waals surface area contributed by atoms with Crippen LogP contribution in [0.3, 0.4) is 0 Å². The Kier molecular flexibility index (Phi) is 6.13. The van der Waals surface area contributed by atoms with Crippen LogP contribution in [0.2, 0.25) is 0 Å². The van der Waals surface area contributed by atoms with Gasteiger partial charge in [0.2, 0.25) is 0 Å². The fourth-order valence-corrected chi connectivity index (χ4v) is 2.26. The second-order valence-corrected chi connectivity index (χ2v) is 4.90. The number of hydrogen-bond acceptors (Lipinski definition) is 3. The Morgan fingerprint density at radius 3 is 2.44 bits per heavy atom. The average molecular weight is 270 g/mol. The van der Waals surface area contributed by atoms with E-state index in [9.17, 15) is 0 Å². The molecular weight excluding hydrogens is 246 g/mol. The molecule has 0 bridgehead atoms. The summed E-state index contributed by atoms with van der Waals surface area (Å²) in [7, 11) is 6.06. The van der Waals surface area contributed by atoms with Crippen LogP contribution in [0.5, 0.6) is 0 Å². The van der Waals surface area contributed by atoms with Crippen molar-refractivity contribution in [1.29, 1.82) is 0 Å². The lowest BCUT2D eigenvalue weighted by atomic mass is 10.2. The van der Waals surface area contributed by atoms with E-state index in [1.807, 2.05) is 7.05 Å². The maximum Gasteiger partial charge on any atom is 0.0598 e. The van der Waals surface area contributed by atoms with Gasteiger partial charge in [0.25, 0.3) is 0 Å². The van der Waals surface area contributed by atoms with Gasteiger partial charge in [0.1, 0.15) is 0 Å². The first-order valence-corrected chi connectivity index (χ1v) is 6.97. The summed E-state index contributed by atoms with van der Waals surface area (Å²) >= 11 is 5.87. The standard InChI is InChI=1S/C14H24ClN3/c1-5-9-18(10-8-15)12-6-7-14(17(3)4)13(11-12)16-2/h6-7,11,16H,5,8-10H2,1-4H3. The molecule has 102 valence electrons. The van der Waals surface area contributed by atoms with Crippen LogP contribution < -0.4 is 15.1 Å². The molecule has 0 saturated heterocycles. The summed E-state index contributed by atoms with van der Waals surface area (Å²) in [4.78, 5) is 4.44. The van der Waals surface area contributed by atoms with Gasteiger partial charge in [0.05, 0.1) is 11.4 Å². The van der Waals surface area contributed by atoms with Gasteiger partial charge >= 0.3 is 0 Å². The first kappa shape index (κ1) is 15.0.